The van der Waals surface area contributed by atoms with Gasteiger partial charge in [-0.2, -0.15) is 0 Å². The van der Waals surface area contributed by atoms with Crippen LogP contribution < -0.4 is 4.74 Å². The summed E-state index contributed by atoms with van der Waals surface area (Å²) < 4.78 is 9.77. The average Bonchev–Trinajstić information content (AvgIpc) is 2.18. The van der Waals surface area contributed by atoms with E-state index in [2.05, 4.69) is 0 Å². The quantitative estimate of drug-likeness (QED) is 0.513. The molecule has 0 bridgehead atoms. The van der Waals surface area contributed by atoms with E-state index >= 15 is 0 Å². The zero-order valence-electron chi connectivity index (χ0n) is 8.28. The maximum atomic E-state index is 11.4. The molecule has 0 atom stereocenters. The lowest BCUT2D eigenvalue weighted by Gasteiger charge is -2.15. The van der Waals surface area contributed by atoms with Crippen LogP contribution in [0.15, 0.2) is 18.2 Å². The van der Waals surface area contributed by atoms with Gasteiger partial charge in [-0.1, -0.05) is 6.07 Å². The van der Waals surface area contributed by atoms with Crippen LogP contribution in [-0.4, -0.2) is 18.5 Å². The van der Waals surface area contributed by atoms with Crippen LogP contribution >= 0.6 is 0 Å². The molecule has 1 aliphatic rings. The largest absolute Gasteiger partial charge is 0.462 e. The van der Waals surface area contributed by atoms with E-state index in [1.54, 1.807) is 12.1 Å². The van der Waals surface area contributed by atoms with E-state index in [0.29, 0.717) is 24.3 Å². The number of ether oxygens (including phenoxy) is 2. The molecule has 78 valence electrons. The molecule has 1 aliphatic heterocycles. The minimum absolute atomic E-state index is 0.356. The zero-order chi connectivity index (χ0) is 10.8. The Morgan fingerprint density at radius 2 is 2.27 bits per heavy atom. The molecule has 1 aromatic carbocycles. The number of carbonyl (C=O) groups is 2. The first kappa shape index (κ1) is 9.71. The molecule has 0 amide bonds. The van der Waals surface area contributed by atoms with E-state index in [1.165, 1.54) is 13.0 Å². The standard InChI is InChI=1S/C11H10O4/c1-7(12)15-9-3-2-8-4-5-14-11(13)10(8)6-9/h2-3,6H,4-5H2,1H3. The van der Waals surface area contributed by atoms with Crippen LogP contribution in [0.2, 0.25) is 0 Å². The van der Waals surface area contributed by atoms with Crippen molar-refractivity contribution in [1.29, 1.82) is 0 Å². The van der Waals surface area contributed by atoms with Gasteiger partial charge in [0.15, 0.2) is 0 Å². The molecule has 0 aliphatic carbocycles. The molecule has 0 saturated heterocycles. The number of fused-ring (bicyclic) bond motifs is 1. The second kappa shape index (κ2) is 3.73. The monoisotopic (exact) mass is 206 g/mol. The van der Waals surface area contributed by atoms with Crippen LogP contribution in [0.1, 0.15) is 22.8 Å². The molecule has 4 nitrogen and oxygen atoms in total. The van der Waals surface area contributed by atoms with Gasteiger partial charge in [0, 0.05) is 13.3 Å². The Morgan fingerprint density at radius 3 is 3.00 bits per heavy atom. The van der Waals surface area contributed by atoms with E-state index in [-0.39, 0.29) is 5.97 Å². The molecule has 0 unspecified atom stereocenters. The minimum Gasteiger partial charge on any atom is -0.462 e. The molecule has 2 rings (SSSR count). The second-order valence-corrected chi connectivity index (χ2v) is 3.30. The van der Waals surface area contributed by atoms with Crippen molar-refractivity contribution in [2.75, 3.05) is 6.61 Å². The van der Waals surface area contributed by atoms with Gasteiger partial charge >= 0.3 is 11.9 Å². The number of esters is 2. The molecule has 0 fully saturated rings. The Morgan fingerprint density at radius 1 is 1.47 bits per heavy atom. The third kappa shape index (κ3) is 1.98. The Labute approximate surface area is 86.8 Å². The Hall–Kier alpha value is -1.84. The average molecular weight is 206 g/mol. The van der Waals surface area contributed by atoms with Crippen molar-refractivity contribution in [2.45, 2.75) is 13.3 Å². The molecule has 4 heteroatoms. The Balaban J connectivity index is 2.35. The van der Waals surface area contributed by atoms with Gasteiger partial charge in [0.2, 0.25) is 0 Å². The predicted octanol–water partition coefficient (Wildman–Crippen LogP) is 1.32. The van der Waals surface area contributed by atoms with E-state index in [1.807, 2.05) is 0 Å². The smallest absolute Gasteiger partial charge is 0.338 e. The number of carbonyl (C=O) groups excluding carboxylic acids is 2. The first-order chi connectivity index (χ1) is 7.16. The Kier molecular flexibility index (Phi) is 2.41. The summed E-state index contributed by atoms with van der Waals surface area (Å²) in [6.07, 6.45) is 0.710. The number of benzene rings is 1. The predicted molar refractivity (Wildman–Crippen MR) is 51.7 cm³/mol. The van der Waals surface area contributed by atoms with Crippen molar-refractivity contribution in [3.05, 3.63) is 29.3 Å². The van der Waals surface area contributed by atoms with Gasteiger partial charge in [0.25, 0.3) is 0 Å². The minimum atomic E-state index is -0.404. The fourth-order valence-corrected chi connectivity index (χ4v) is 1.52. The maximum Gasteiger partial charge on any atom is 0.338 e. The van der Waals surface area contributed by atoms with Crippen molar-refractivity contribution in [3.63, 3.8) is 0 Å². The van der Waals surface area contributed by atoms with Gasteiger partial charge in [0.05, 0.1) is 12.2 Å². The highest BCUT2D eigenvalue weighted by molar-refractivity contribution is 5.92. The summed E-state index contributed by atoms with van der Waals surface area (Å²) in [4.78, 5) is 22.1. The summed E-state index contributed by atoms with van der Waals surface area (Å²) in [7, 11) is 0. The summed E-state index contributed by atoms with van der Waals surface area (Å²) in [5.41, 5.74) is 1.42. The topological polar surface area (TPSA) is 52.6 Å². The van der Waals surface area contributed by atoms with Crippen molar-refractivity contribution in [1.82, 2.24) is 0 Å². The normalized spacial score (nSPS) is 14.1. The van der Waals surface area contributed by atoms with Gasteiger partial charge in [-0.25, -0.2) is 4.79 Å². The molecule has 1 heterocycles. The number of rotatable bonds is 1. The van der Waals surface area contributed by atoms with Crippen LogP contribution in [0.25, 0.3) is 0 Å². The van der Waals surface area contributed by atoms with Gasteiger partial charge in [-0.05, 0) is 17.7 Å². The maximum absolute atomic E-state index is 11.4. The number of cyclic esters (lactones) is 1. The van der Waals surface area contributed by atoms with Gasteiger partial charge in [-0.15, -0.1) is 0 Å². The lowest BCUT2D eigenvalue weighted by Crippen LogP contribution is -2.17. The highest BCUT2D eigenvalue weighted by Gasteiger charge is 2.19. The van der Waals surface area contributed by atoms with Crippen LogP contribution in [-0.2, 0) is 16.0 Å². The van der Waals surface area contributed by atoms with Crippen LogP contribution in [0.3, 0.4) is 0 Å². The molecule has 1 aromatic rings. The summed E-state index contributed by atoms with van der Waals surface area (Å²) >= 11 is 0. The molecule has 0 radical (unpaired) electrons. The summed E-state index contributed by atoms with van der Waals surface area (Å²) in [5, 5.41) is 0. The molecule has 0 aromatic heterocycles. The number of hydrogen-bond donors (Lipinski definition) is 0. The fourth-order valence-electron chi connectivity index (χ4n) is 1.52. The number of hydrogen-bond acceptors (Lipinski definition) is 4. The van der Waals surface area contributed by atoms with E-state index in [4.69, 9.17) is 9.47 Å². The third-order valence-electron chi connectivity index (χ3n) is 2.17. The van der Waals surface area contributed by atoms with E-state index in [0.717, 1.165) is 5.56 Å². The first-order valence-corrected chi connectivity index (χ1v) is 4.65. The van der Waals surface area contributed by atoms with Crippen LogP contribution in [0.4, 0.5) is 0 Å². The molecule has 0 N–H and O–H groups in total. The van der Waals surface area contributed by atoms with E-state index < -0.39 is 5.97 Å². The first-order valence-electron chi connectivity index (χ1n) is 4.65. The molecule has 0 saturated carbocycles. The lowest BCUT2D eigenvalue weighted by molar-refractivity contribution is -0.131. The van der Waals surface area contributed by atoms with Crippen LogP contribution in [0, 0.1) is 0 Å². The summed E-state index contributed by atoms with van der Waals surface area (Å²) in [5.74, 6) is -0.385. The molecular formula is C11H10O4. The zero-order valence-corrected chi connectivity index (χ0v) is 8.28. The van der Waals surface area contributed by atoms with Crippen molar-refractivity contribution in [3.8, 4) is 5.75 Å². The van der Waals surface area contributed by atoms with E-state index in [9.17, 15) is 9.59 Å². The van der Waals surface area contributed by atoms with Gasteiger partial charge in [-0.3, -0.25) is 4.79 Å². The molecule has 15 heavy (non-hydrogen) atoms. The summed E-state index contributed by atoms with van der Waals surface area (Å²) in [6.45, 7) is 1.73. The highest BCUT2D eigenvalue weighted by Crippen LogP contribution is 2.22. The van der Waals surface area contributed by atoms with Crippen molar-refractivity contribution < 1.29 is 19.1 Å². The highest BCUT2D eigenvalue weighted by atomic mass is 16.5. The van der Waals surface area contributed by atoms with Crippen molar-refractivity contribution >= 4 is 11.9 Å². The second-order valence-electron chi connectivity index (χ2n) is 3.30. The molecule has 0 spiro atoms. The van der Waals surface area contributed by atoms with Gasteiger partial charge in [0.1, 0.15) is 5.75 Å². The third-order valence-corrected chi connectivity index (χ3v) is 2.17. The summed E-state index contributed by atoms with van der Waals surface area (Å²) in [6, 6.07) is 5.01. The molecular weight excluding hydrogens is 196 g/mol. The fraction of sp³-hybridized carbons (Fsp3) is 0.273. The lowest BCUT2D eigenvalue weighted by atomic mass is 10.0. The van der Waals surface area contributed by atoms with Crippen molar-refractivity contribution in [2.24, 2.45) is 0 Å². The SMILES string of the molecule is CC(=O)Oc1ccc2c(c1)C(=O)OCC2. The Bertz CT molecular complexity index is 423. The van der Waals surface area contributed by atoms with Crippen LogP contribution in [0.5, 0.6) is 5.75 Å². The van der Waals surface area contributed by atoms with Gasteiger partial charge < -0.3 is 9.47 Å².